The molecule has 6 nitrogen and oxygen atoms in total. The lowest BCUT2D eigenvalue weighted by Gasteiger charge is -2.19. The quantitative estimate of drug-likeness (QED) is 0.855. The average Bonchev–Trinajstić information content (AvgIpc) is 2.86. The predicted octanol–water partition coefficient (Wildman–Crippen LogP) is 2.21. The number of nitrogens with two attached hydrogens (primary N) is 1. The molecule has 0 aliphatic heterocycles. The van der Waals surface area contributed by atoms with Crippen molar-refractivity contribution in [3.05, 3.63) is 35.0 Å². The van der Waals surface area contributed by atoms with Gasteiger partial charge in [-0.3, -0.25) is 9.78 Å². The van der Waals surface area contributed by atoms with Gasteiger partial charge in [0.25, 0.3) is 5.91 Å². The van der Waals surface area contributed by atoms with Gasteiger partial charge < -0.3 is 16.0 Å². The largest absolute Gasteiger partial charge is 0.382 e. The van der Waals surface area contributed by atoms with Crippen LogP contribution in [0.3, 0.4) is 0 Å². The van der Waals surface area contributed by atoms with Crippen molar-refractivity contribution in [2.24, 2.45) is 0 Å². The number of nitrogen functional groups attached to an aromatic ring is 1. The summed E-state index contributed by atoms with van der Waals surface area (Å²) in [5, 5.41) is 3.75. The van der Waals surface area contributed by atoms with Gasteiger partial charge in [-0.25, -0.2) is 4.98 Å². The lowest BCUT2D eigenvalue weighted by molar-refractivity contribution is 0.0756. The molecule has 0 spiro atoms. The first-order valence-electron chi connectivity index (χ1n) is 6.85. The van der Waals surface area contributed by atoms with Gasteiger partial charge >= 0.3 is 0 Å². The van der Waals surface area contributed by atoms with Crippen molar-refractivity contribution in [1.29, 1.82) is 0 Å². The van der Waals surface area contributed by atoms with Gasteiger partial charge in [0.15, 0.2) is 5.13 Å². The van der Waals surface area contributed by atoms with Crippen LogP contribution < -0.4 is 11.1 Å². The first kappa shape index (κ1) is 15.2. The number of pyridine rings is 1. The molecule has 2 aromatic heterocycles. The molecule has 21 heavy (non-hydrogen) atoms. The van der Waals surface area contributed by atoms with Crippen LogP contribution in [0.25, 0.3) is 0 Å². The summed E-state index contributed by atoms with van der Waals surface area (Å²) in [5.41, 5.74) is 6.70. The third-order valence-electron chi connectivity index (χ3n) is 2.92. The monoisotopic (exact) mass is 305 g/mol. The number of anilines is 2. The number of nitrogens with one attached hydrogen (secondary N) is 1. The van der Waals surface area contributed by atoms with E-state index in [2.05, 4.69) is 15.3 Å². The van der Waals surface area contributed by atoms with Gasteiger partial charge in [-0.15, -0.1) is 0 Å². The molecule has 0 aromatic carbocycles. The van der Waals surface area contributed by atoms with E-state index in [1.165, 1.54) is 11.3 Å². The number of rotatable bonds is 6. The van der Waals surface area contributed by atoms with Gasteiger partial charge in [0.2, 0.25) is 0 Å². The number of thiazole rings is 1. The van der Waals surface area contributed by atoms with Gasteiger partial charge in [-0.2, -0.15) is 0 Å². The predicted molar refractivity (Wildman–Crippen MR) is 85.3 cm³/mol. The summed E-state index contributed by atoms with van der Waals surface area (Å²) in [4.78, 5) is 23.2. The zero-order valence-corrected chi connectivity index (χ0v) is 13.0. The molecule has 1 amide bonds. The summed E-state index contributed by atoms with van der Waals surface area (Å²) in [6.45, 7) is 5.70. The molecule has 0 saturated heterocycles. The molecule has 2 heterocycles. The second-order valence-electron chi connectivity index (χ2n) is 4.40. The van der Waals surface area contributed by atoms with Crippen molar-refractivity contribution in [2.45, 2.75) is 20.4 Å². The first-order valence-corrected chi connectivity index (χ1v) is 7.66. The molecule has 0 fully saturated rings. The van der Waals surface area contributed by atoms with E-state index in [-0.39, 0.29) is 11.7 Å². The second kappa shape index (κ2) is 7.03. The summed E-state index contributed by atoms with van der Waals surface area (Å²) in [6.07, 6.45) is 1.72. The van der Waals surface area contributed by atoms with E-state index in [1.54, 1.807) is 11.1 Å². The van der Waals surface area contributed by atoms with E-state index in [1.807, 2.05) is 32.0 Å². The Morgan fingerprint density at radius 1 is 1.43 bits per heavy atom. The third kappa shape index (κ3) is 3.69. The molecule has 2 rings (SSSR count). The number of hydrogen-bond acceptors (Lipinski definition) is 6. The van der Waals surface area contributed by atoms with Crippen LogP contribution in [0, 0.1) is 0 Å². The van der Waals surface area contributed by atoms with Crippen LogP contribution in [0.5, 0.6) is 0 Å². The molecule has 0 aliphatic rings. The second-order valence-corrected chi connectivity index (χ2v) is 5.40. The van der Waals surface area contributed by atoms with Gasteiger partial charge in [-0.1, -0.05) is 17.4 Å². The molecule has 3 N–H and O–H groups in total. The van der Waals surface area contributed by atoms with Gasteiger partial charge in [0, 0.05) is 19.3 Å². The van der Waals surface area contributed by atoms with Gasteiger partial charge in [0.05, 0.1) is 12.2 Å². The first-order chi connectivity index (χ1) is 10.2. The minimum Gasteiger partial charge on any atom is -0.382 e. The number of hydrogen-bond donors (Lipinski definition) is 2. The van der Waals surface area contributed by atoms with Crippen molar-refractivity contribution in [3.63, 3.8) is 0 Å². The standard InChI is InChI=1S/C14H19N5OS/c1-3-16-14-18-12(15)11(21-14)13(20)19(4-2)9-10-7-5-6-8-17-10/h5-8H,3-4,9,15H2,1-2H3,(H,16,18). The number of nitrogens with zero attached hydrogens (tertiary/aromatic N) is 3. The van der Waals surface area contributed by atoms with E-state index in [9.17, 15) is 4.79 Å². The van der Waals surface area contributed by atoms with Crippen LogP contribution in [0.4, 0.5) is 10.9 Å². The zero-order valence-electron chi connectivity index (χ0n) is 12.2. The Morgan fingerprint density at radius 2 is 2.24 bits per heavy atom. The molecular weight excluding hydrogens is 286 g/mol. The molecule has 112 valence electrons. The van der Waals surface area contributed by atoms with E-state index < -0.39 is 0 Å². The van der Waals surface area contributed by atoms with E-state index >= 15 is 0 Å². The highest BCUT2D eigenvalue weighted by molar-refractivity contribution is 7.18. The lowest BCUT2D eigenvalue weighted by atomic mass is 10.3. The molecule has 0 unspecified atom stereocenters. The molecule has 0 atom stereocenters. The minimum atomic E-state index is -0.109. The zero-order chi connectivity index (χ0) is 15.2. The Bertz CT molecular complexity index is 599. The highest BCUT2D eigenvalue weighted by Crippen LogP contribution is 2.26. The highest BCUT2D eigenvalue weighted by Gasteiger charge is 2.21. The van der Waals surface area contributed by atoms with E-state index in [4.69, 9.17) is 5.73 Å². The minimum absolute atomic E-state index is 0.109. The maximum Gasteiger partial charge on any atom is 0.268 e. The maximum absolute atomic E-state index is 12.6. The molecule has 0 radical (unpaired) electrons. The number of carbonyl (C=O) groups is 1. The van der Waals surface area contributed by atoms with Crippen molar-refractivity contribution in [3.8, 4) is 0 Å². The van der Waals surface area contributed by atoms with E-state index in [0.29, 0.717) is 23.1 Å². The molecule has 2 aromatic rings. The fourth-order valence-corrected chi connectivity index (χ4v) is 2.79. The van der Waals surface area contributed by atoms with Crippen molar-refractivity contribution < 1.29 is 4.79 Å². The Hall–Kier alpha value is -2.15. The molecule has 7 heteroatoms. The summed E-state index contributed by atoms with van der Waals surface area (Å²) in [7, 11) is 0. The smallest absolute Gasteiger partial charge is 0.268 e. The number of aromatic nitrogens is 2. The Labute approximate surface area is 128 Å². The maximum atomic E-state index is 12.6. The summed E-state index contributed by atoms with van der Waals surface area (Å²) in [6, 6.07) is 5.66. The summed E-state index contributed by atoms with van der Waals surface area (Å²) in [5.74, 6) is 0.169. The van der Waals surface area contributed by atoms with Crippen LogP contribution in [0.1, 0.15) is 29.2 Å². The number of amides is 1. The third-order valence-corrected chi connectivity index (χ3v) is 3.94. The van der Waals surface area contributed by atoms with Crippen LogP contribution in [-0.4, -0.2) is 33.9 Å². The molecular formula is C14H19N5OS. The SMILES string of the molecule is CCNc1nc(N)c(C(=O)N(CC)Cc2ccccn2)s1. The van der Waals surface area contributed by atoms with Gasteiger partial charge in [-0.05, 0) is 26.0 Å². The van der Waals surface area contributed by atoms with Crippen LogP contribution >= 0.6 is 11.3 Å². The Balaban J connectivity index is 2.16. The van der Waals surface area contributed by atoms with Crippen molar-refractivity contribution >= 4 is 28.2 Å². The number of carbonyl (C=O) groups excluding carboxylic acids is 1. The Morgan fingerprint density at radius 3 is 2.86 bits per heavy atom. The molecule has 0 aliphatic carbocycles. The fourth-order valence-electron chi connectivity index (χ4n) is 1.87. The fraction of sp³-hybridized carbons (Fsp3) is 0.357. The summed E-state index contributed by atoms with van der Waals surface area (Å²) < 4.78 is 0. The lowest BCUT2D eigenvalue weighted by Crippen LogP contribution is -2.30. The summed E-state index contributed by atoms with van der Waals surface area (Å²) >= 11 is 1.29. The topological polar surface area (TPSA) is 84.1 Å². The van der Waals surface area contributed by atoms with Gasteiger partial charge in [0.1, 0.15) is 10.7 Å². The highest BCUT2D eigenvalue weighted by atomic mass is 32.1. The van der Waals surface area contributed by atoms with Crippen molar-refractivity contribution in [2.75, 3.05) is 24.1 Å². The van der Waals surface area contributed by atoms with Crippen LogP contribution in [-0.2, 0) is 6.54 Å². The van der Waals surface area contributed by atoms with Crippen molar-refractivity contribution in [1.82, 2.24) is 14.9 Å². The molecule has 0 bridgehead atoms. The average molecular weight is 305 g/mol. The van der Waals surface area contributed by atoms with Crippen LogP contribution in [0.2, 0.25) is 0 Å². The Kier molecular flexibility index (Phi) is 5.10. The normalized spacial score (nSPS) is 10.4. The van der Waals surface area contributed by atoms with E-state index in [0.717, 1.165) is 12.2 Å². The van der Waals surface area contributed by atoms with Crippen LogP contribution in [0.15, 0.2) is 24.4 Å². The molecule has 0 saturated carbocycles.